The molecule has 3 nitrogen and oxygen atoms in total. The van der Waals surface area contributed by atoms with E-state index in [1.165, 1.54) is 5.56 Å². The van der Waals surface area contributed by atoms with Gasteiger partial charge in [0.1, 0.15) is 12.4 Å². The molecule has 0 fully saturated rings. The maximum absolute atomic E-state index is 5.62. The van der Waals surface area contributed by atoms with E-state index in [1.807, 2.05) is 48.5 Å². The van der Waals surface area contributed by atoms with Crippen molar-refractivity contribution in [2.75, 3.05) is 24.2 Å². The van der Waals surface area contributed by atoms with Gasteiger partial charge in [0.2, 0.25) is 0 Å². The third-order valence-corrected chi connectivity index (χ3v) is 2.63. The highest BCUT2D eigenvalue weighted by atomic mass is 16.5. The first kappa shape index (κ1) is 12.3. The highest BCUT2D eigenvalue weighted by Gasteiger charge is 1.94. The quantitative estimate of drug-likeness (QED) is 0.625. The smallest absolute Gasteiger partial charge is 0.119 e. The van der Waals surface area contributed by atoms with Gasteiger partial charge in [-0.05, 0) is 43.3 Å². The van der Waals surface area contributed by atoms with Gasteiger partial charge in [-0.2, -0.15) is 0 Å². The summed E-state index contributed by atoms with van der Waals surface area (Å²) < 4.78 is 5.62. The summed E-state index contributed by atoms with van der Waals surface area (Å²) in [4.78, 5) is 0. The summed E-state index contributed by atoms with van der Waals surface area (Å²) in [6.45, 7) is 3.46. The molecular formula is C15H18N2O. The summed E-state index contributed by atoms with van der Waals surface area (Å²) in [6, 6.07) is 15.7. The minimum Gasteiger partial charge on any atom is -0.492 e. The SMILES string of the molecule is Cc1ccc(OCCNc2ccc(N)cc2)cc1. The van der Waals surface area contributed by atoms with E-state index in [9.17, 15) is 0 Å². The van der Waals surface area contributed by atoms with Crippen molar-refractivity contribution >= 4 is 11.4 Å². The van der Waals surface area contributed by atoms with Gasteiger partial charge in [-0.25, -0.2) is 0 Å². The molecule has 0 heterocycles. The number of nitrogens with one attached hydrogen (secondary N) is 1. The fourth-order valence-corrected chi connectivity index (χ4v) is 1.60. The summed E-state index contributed by atoms with van der Waals surface area (Å²) >= 11 is 0. The summed E-state index contributed by atoms with van der Waals surface area (Å²) in [5, 5.41) is 3.27. The zero-order valence-corrected chi connectivity index (χ0v) is 10.5. The number of nitrogens with two attached hydrogens (primary N) is 1. The predicted octanol–water partition coefficient (Wildman–Crippen LogP) is 3.07. The normalized spacial score (nSPS) is 10.1. The molecule has 0 spiro atoms. The average Bonchev–Trinajstić information content (AvgIpc) is 2.39. The van der Waals surface area contributed by atoms with Crippen LogP contribution in [0.25, 0.3) is 0 Å². The number of hydrogen-bond acceptors (Lipinski definition) is 3. The molecule has 0 bridgehead atoms. The van der Waals surface area contributed by atoms with Crippen molar-refractivity contribution in [2.24, 2.45) is 0 Å². The van der Waals surface area contributed by atoms with Crippen molar-refractivity contribution in [1.29, 1.82) is 0 Å². The van der Waals surface area contributed by atoms with Gasteiger partial charge in [0, 0.05) is 17.9 Å². The Hall–Kier alpha value is -2.16. The molecule has 0 aliphatic rings. The van der Waals surface area contributed by atoms with Crippen LogP contribution in [0.2, 0.25) is 0 Å². The number of aryl methyl sites for hydroxylation is 1. The Labute approximate surface area is 108 Å². The van der Waals surface area contributed by atoms with Crippen LogP contribution in [-0.4, -0.2) is 13.2 Å². The second-order valence-corrected chi connectivity index (χ2v) is 4.21. The minimum absolute atomic E-state index is 0.632. The van der Waals surface area contributed by atoms with E-state index < -0.39 is 0 Å². The third kappa shape index (κ3) is 3.70. The largest absolute Gasteiger partial charge is 0.492 e. The van der Waals surface area contributed by atoms with Crippen molar-refractivity contribution in [3.63, 3.8) is 0 Å². The maximum atomic E-state index is 5.62. The Morgan fingerprint density at radius 2 is 1.67 bits per heavy atom. The monoisotopic (exact) mass is 242 g/mol. The number of benzene rings is 2. The second-order valence-electron chi connectivity index (χ2n) is 4.21. The van der Waals surface area contributed by atoms with E-state index >= 15 is 0 Å². The van der Waals surface area contributed by atoms with Gasteiger partial charge >= 0.3 is 0 Å². The number of nitrogen functional groups attached to an aromatic ring is 1. The van der Waals surface area contributed by atoms with Crippen LogP contribution in [0.15, 0.2) is 48.5 Å². The van der Waals surface area contributed by atoms with Crippen LogP contribution in [0, 0.1) is 6.92 Å². The zero-order valence-electron chi connectivity index (χ0n) is 10.5. The third-order valence-electron chi connectivity index (χ3n) is 2.63. The summed E-state index contributed by atoms with van der Waals surface area (Å²) in [5.74, 6) is 0.903. The first-order chi connectivity index (χ1) is 8.74. The molecule has 2 aromatic rings. The van der Waals surface area contributed by atoms with Crippen LogP contribution in [0.5, 0.6) is 5.75 Å². The molecule has 18 heavy (non-hydrogen) atoms. The van der Waals surface area contributed by atoms with Gasteiger partial charge in [0.15, 0.2) is 0 Å². The minimum atomic E-state index is 0.632. The van der Waals surface area contributed by atoms with Crippen molar-refractivity contribution in [3.8, 4) is 5.75 Å². The summed E-state index contributed by atoms with van der Waals surface area (Å²) in [6.07, 6.45) is 0. The van der Waals surface area contributed by atoms with E-state index in [0.717, 1.165) is 23.7 Å². The van der Waals surface area contributed by atoms with Crippen LogP contribution in [0.1, 0.15) is 5.56 Å². The lowest BCUT2D eigenvalue weighted by Gasteiger charge is -2.09. The Kier molecular flexibility index (Phi) is 4.07. The van der Waals surface area contributed by atoms with Crippen LogP contribution in [0.4, 0.5) is 11.4 Å². The van der Waals surface area contributed by atoms with Gasteiger partial charge in [0.25, 0.3) is 0 Å². The molecule has 0 aliphatic carbocycles. The van der Waals surface area contributed by atoms with Gasteiger partial charge in [-0.15, -0.1) is 0 Å². The molecule has 0 amide bonds. The summed E-state index contributed by atoms with van der Waals surface area (Å²) in [5.41, 5.74) is 8.68. The van der Waals surface area contributed by atoms with Gasteiger partial charge < -0.3 is 15.8 Å². The Morgan fingerprint density at radius 3 is 2.33 bits per heavy atom. The molecule has 2 aromatic carbocycles. The number of rotatable bonds is 5. The number of anilines is 2. The molecule has 0 saturated carbocycles. The molecule has 2 rings (SSSR count). The molecule has 3 heteroatoms. The fourth-order valence-electron chi connectivity index (χ4n) is 1.60. The average molecular weight is 242 g/mol. The molecule has 0 aromatic heterocycles. The lowest BCUT2D eigenvalue weighted by Crippen LogP contribution is -2.11. The van der Waals surface area contributed by atoms with Gasteiger partial charge in [-0.3, -0.25) is 0 Å². The van der Waals surface area contributed by atoms with Crippen molar-refractivity contribution in [3.05, 3.63) is 54.1 Å². The fraction of sp³-hybridized carbons (Fsp3) is 0.200. The molecule has 0 atom stereocenters. The molecular weight excluding hydrogens is 224 g/mol. The van der Waals surface area contributed by atoms with Crippen molar-refractivity contribution in [1.82, 2.24) is 0 Å². The molecule has 0 saturated heterocycles. The first-order valence-electron chi connectivity index (χ1n) is 6.03. The van der Waals surface area contributed by atoms with E-state index in [1.54, 1.807) is 0 Å². The predicted molar refractivity (Wildman–Crippen MR) is 76.0 cm³/mol. The lowest BCUT2D eigenvalue weighted by atomic mass is 10.2. The Bertz CT molecular complexity index is 429. The first-order valence-corrected chi connectivity index (χ1v) is 6.03. The van der Waals surface area contributed by atoms with E-state index in [2.05, 4.69) is 12.2 Å². The molecule has 0 aliphatic heterocycles. The highest BCUT2D eigenvalue weighted by molar-refractivity contribution is 5.51. The van der Waals surface area contributed by atoms with E-state index in [-0.39, 0.29) is 0 Å². The topological polar surface area (TPSA) is 47.3 Å². The molecule has 3 N–H and O–H groups in total. The lowest BCUT2D eigenvalue weighted by molar-refractivity contribution is 0.333. The van der Waals surface area contributed by atoms with Crippen molar-refractivity contribution in [2.45, 2.75) is 6.92 Å². The van der Waals surface area contributed by atoms with Crippen LogP contribution in [0.3, 0.4) is 0 Å². The highest BCUT2D eigenvalue weighted by Crippen LogP contribution is 2.12. The van der Waals surface area contributed by atoms with Crippen LogP contribution >= 0.6 is 0 Å². The van der Waals surface area contributed by atoms with Crippen molar-refractivity contribution < 1.29 is 4.74 Å². The zero-order chi connectivity index (χ0) is 12.8. The number of ether oxygens (including phenoxy) is 1. The molecule has 0 radical (unpaired) electrons. The maximum Gasteiger partial charge on any atom is 0.119 e. The Morgan fingerprint density at radius 1 is 1.00 bits per heavy atom. The Balaban J connectivity index is 1.73. The van der Waals surface area contributed by atoms with E-state index in [4.69, 9.17) is 10.5 Å². The molecule has 0 unspecified atom stereocenters. The standard InChI is InChI=1S/C15H18N2O/c1-12-2-8-15(9-3-12)18-11-10-17-14-6-4-13(16)5-7-14/h2-9,17H,10-11,16H2,1H3. The van der Waals surface area contributed by atoms with Crippen LogP contribution in [-0.2, 0) is 0 Å². The number of hydrogen-bond donors (Lipinski definition) is 2. The second kappa shape index (κ2) is 5.96. The van der Waals surface area contributed by atoms with Gasteiger partial charge in [-0.1, -0.05) is 17.7 Å². The molecule has 94 valence electrons. The van der Waals surface area contributed by atoms with E-state index in [0.29, 0.717) is 6.61 Å². The van der Waals surface area contributed by atoms with Crippen LogP contribution < -0.4 is 15.8 Å². The van der Waals surface area contributed by atoms with Gasteiger partial charge in [0.05, 0.1) is 0 Å². The summed E-state index contributed by atoms with van der Waals surface area (Å²) in [7, 11) is 0.